The van der Waals surface area contributed by atoms with Gasteiger partial charge in [-0.2, -0.15) is 0 Å². The molecule has 1 saturated carbocycles. The predicted octanol–water partition coefficient (Wildman–Crippen LogP) is 6.66. The van der Waals surface area contributed by atoms with Crippen LogP contribution in [0.1, 0.15) is 61.1 Å². The van der Waals surface area contributed by atoms with Gasteiger partial charge in [-0.25, -0.2) is 0 Å². The van der Waals surface area contributed by atoms with Crippen molar-refractivity contribution in [3.63, 3.8) is 0 Å². The van der Waals surface area contributed by atoms with Gasteiger partial charge in [0.1, 0.15) is 0 Å². The molecule has 0 N–H and O–H groups in total. The van der Waals surface area contributed by atoms with Crippen LogP contribution in [0.4, 0.5) is 5.69 Å². The third kappa shape index (κ3) is 4.96. The van der Waals surface area contributed by atoms with Gasteiger partial charge in [0, 0.05) is 11.1 Å². The zero-order chi connectivity index (χ0) is 18.2. The van der Waals surface area contributed by atoms with Crippen LogP contribution in [-0.2, 0) is 0 Å². The Morgan fingerprint density at radius 3 is 2.00 bits per heavy atom. The van der Waals surface area contributed by atoms with E-state index in [0.29, 0.717) is 0 Å². The highest BCUT2D eigenvalue weighted by molar-refractivity contribution is 5.50. The molecule has 0 spiro atoms. The molecule has 26 heavy (non-hydrogen) atoms. The third-order valence-electron chi connectivity index (χ3n) is 5.41. The molecular formula is C25H27N. The Kier molecular flexibility index (Phi) is 6.45. The minimum atomic E-state index is 0.718. The summed E-state index contributed by atoms with van der Waals surface area (Å²) < 4.78 is 0. The molecule has 1 fully saturated rings. The van der Waals surface area contributed by atoms with Crippen LogP contribution in [0, 0.1) is 17.8 Å². The molecule has 132 valence electrons. The van der Waals surface area contributed by atoms with Gasteiger partial charge >= 0.3 is 0 Å². The summed E-state index contributed by atoms with van der Waals surface area (Å²) in [6.45, 7) is 7.37. The van der Waals surface area contributed by atoms with Gasteiger partial charge in [0.2, 0.25) is 0 Å². The van der Waals surface area contributed by atoms with Crippen molar-refractivity contribution in [1.82, 2.24) is 0 Å². The maximum atomic E-state index is 3.90. The van der Waals surface area contributed by atoms with Crippen LogP contribution in [0.2, 0.25) is 0 Å². The van der Waals surface area contributed by atoms with Gasteiger partial charge in [0.05, 0.1) is 5.69 Å². The lowest BCUT2D eigenvalue weighted by molar-refractivity contribution is 0.312. The first-order valence-corrected chi connectivity index (χ1v) is 9.58. The molecule has 0 amide bonds. The highest BCUT2D eigenvalue weighted by Crippen LogP contribution is 2.37. The number of hydrogen-bond donors (Lipinski definition) is 0. The Labute approximate surface area is 157 Å². The van der Waals surface area contributed by atoms with Crippen molar-refractivity contribution in [2.24, 2.45) is 10.9 Å². The molecule has 1 aliphatic carbocycles. The average Bonchev–Trinajstić information content (AvgIpc) is 2.72. The Morgan fingerprint density at radius 1 is 0.885 bits per heavy atom. The van der Waals surface area contributed by atoms with Crippen molar-refractivity contribution < 1.29 is 0 Å². The summed E-state index contributed by atoms with van der Waals surface area (Å²) >= 11 is 0. The van der Waals surface area contributed by atoms with E-state index in [2.05, 4.69) is 60.5 Å². The number of benzene rings is 2. The van der Waals surface area contributed by atoms with Gasteiger partial charge in [-0.3, -0.25) is 4.99 Å². The molecule has 0 aromatic heterocycles. The normalized spacial score (nSPS) is 19.2. The van der Waals surface area contributed by atoms with E-state index in [1.165, 1.54) is 37.7 Å². The average molecular weight is 341 g/mol. The number of rotatable bonds is 5. The molecule has 0 saturated heterocycles. The predicted molar refractivity (Wildman–Crippen MR) is 112 cm³/mol. The van der Waals surface area contributed by atoms with Gasteiger partial charge < -0.3 is 0 Å². The number of allylic oxidation sites excluding steroid dienone is 1. The summed E-state index contributed by atoms with van der Waals surface area (Å²) in [5, 5.41) is 0. The van der Waals surface area contributed by atoms with Crippen molar-refractivity contribution in [3.05, 3.63) is 77.9 Å². The van der Waals surface area contributed by atoms with Crippen LogP contribution < -0.4 is 0 Å². The molecular weight excluding hydrogens is 314 g/mol. The minimum Gasteiger partial charge on any atom is -0.265 e. The van der Waals surface area contributed by atoms with E-state index in [9.17, 15) is 0 Å². The van der Waals surface area contributed by atoms with Crippen LogP contribution in [-0.4, -0.2) is 6.72 Å². The van der Waals surface area contributed by atoms with Crippen molar-refractivity contribution in [2.45, 2.75) is 44.4 Å². The van der Waals surface area contributed by atoms with Crippen LogP contribution in [0.3, 0.4) is 0 Å². The van der Waals surface area contributed by atoms with E-state index in [4.69, 9.17) is 0 Å². The fourth-order valence-electron chi connectivity index (χ4n) is 3.77. The molecule has 0 bridgehead atoms. The first-order chi connectivity index (χ1) is 12.8. The maximum absolute atomic E-state index is 3.90. The van der Waals surface area contributed by atoms with Crippen molar-refractivity contribution in [1.29, 1.82) is 0 Å². The Hall–Kier alpha value is -2.59. The summed E-state index contributed by atoms with van der Waals surface area (Å²) in [7, 11) is 0. The smallest absolute Gasteiger partial charge is 0.0623 e. The van der Waals surface area contributed by atoms with E-state index in [0.717, 1.165) is 35.1 Å². The maximum Gasteiger partial charge on any atom is 0.0623 e. The molecule has 0 atom stereocenters. The monoisotopic (exact) mass is 341 g/mol. The molecule has 2 aromatic rings. The zero-order valence-electron chi connectivity index (χ0n) is 15.5. The topological polar surface area (TPSA) is 12.4 Å². The van der Waals surface area contributed by atoms with Crippen LogP contribution in [0.25, 0.3) is 0 Å². The first kappa shape index (κ1) is 18.2. The fraction of sp³-hybridized carbons (Fsp3) is 0.320. The molecule has 3 rings (SSSR count). The Balaban J connectivity index is 1.58. The highest BCUT2D eigenvalue weighted by Gasteiger charge is 2.21. The van der Waals surface area contributed by atoms with Crippen molar-refractivity contribution in [3.8, 4) is 11.8 Å². The van der Waals surface area contributed by atoms with E-state index in [1.807, 2.05) is 24.3 Å². The second-order valence-corrected chi connectivity index (χ2v) is 7.16. The zero-order valence-corrected chi connectivity index (χ0v) is 15.5. The SMILES string of the molecule is C=CCCC1CCC(c2ccc(C#Cc3ccc(N=C)cc3)cc2)CC1. The fourth-order valence-corrected chi connectivity index (χ4v) is 3.77. The molecule has 0 heterocycles. The third-order valence-corrected chi connectivity index (χ3v) is 5.41. The summed E-state index contributed by atoms with van der Waals surface area (Å²) in [6, 6.07) is 16.7. The summed E-state index contributed by atoms with van der Waals surface area (Å²) in [5.41, 5.74) is 4.41. The lowest BCUT2D eigenvalue weighted by Gasteiger charge is -2.28. The molecule has 0 unspecified atom stereocenters. The Bertz CT molecular complexity index is 779. The van der Waals surface area contributed by atoms with Gasteiger partial charge in [0.15, 0.2) is 0 Å². The number of hydrogen-bond acceptors (Lipinski definition) is 1. The van der Waals surface area contributed by atoms with E-state index < -0.39 is 0 Å². The molecule has 1 heteroatoms. The van der Waals surface area contributed by atoms with Crippen LogP contribution in [0.15, 0.2) is 66.2 Å². The molecule has 0 aliphatic heterocycles. The van der Waals surface area contributed by atoms with Gasteiger partial charge in [-0.1, -0.05) is 30.0 Å². The number of aliphatic imine (C=N–C) groups is 1. The highest BCUT2D eigenvalue weighted by atomic mass is 14.7. The molecule has 1 nitrogen and oxygen atoms in total. The van der Waals surface area contributed by atoms with E-state index in [1.54, 1.807) is 0 Å². The Morgan fingerprint density at radius 2 is 1.46 bits per heavy atom. The van der Waals surface area contributed by atoms with E-state index >= 15 is 0 Å². The molecule has 0 radical (unpaired) electrons. The second kappa shape index (κ2) is 9.20. The van der Waals surface area contributed by atoms with Crippen molar-refractivity contribution >= 4 is 12.4 Å². The quantitative estimate of drug-likeness (QED) is 0.327. The molecule has 2 aromatic carbocycles. The number of nitrogens with zero attached hydrogens (tertiary/aromatic N) is 1. The summed E-state index contributed by atoms with van der Waals surface area (Å²) in [5.74, 6) is 8.09. The standard InChI is InChI=1S/C25H27N/c1-3-4-5-20-8-14-23(15-9-20)24-16-10-21(11-17-24)6-7-22-12-18-25(26-2)19-13-22/h3,10-13,16-20,23H,1-2,4-5,8-9,14-15H2. The largest absolute Gasteiger partial charge is 0.265 e. The van der Waals surface area contributed by atoms with Gasteiger partial charge in [-0.15, -0.1) is 6.58 Å². The lowest BCUT2D eigenvalue weighted by atomic mass is 9.77. The van der Waals surface area contributed by atoms with Crippen molar-refractivity contribution in [2.75, 3.05) is 0 Å². The molecule has 1 aliphatic rings. The second-order valence-electron chi connectivity index (χ2n) is 7.16. The minimum absolute atomic E-state index is 0.718. The van der Waals surface area contributed by atoms with Gasteiger partial charge in [0.25, 0.3) is 0 Å². The summed E-state index contributed by atoms with van der Waals surface area (Å²) in [6.07, 6.45) is 9.87. The first-order valence-electron chi connectivity index (χ1n) is 9.58. The summed E-state index contributed by atoms with van der Waals surface area (Å²) in [4.78, 5) is 3.90. The lowest BCUT2D eigenvalue weighted by Crippen LogP contribution is -2.13. The van der Waals surface area contributed by atoms with Gasteiger partial charge in [-0.05, 0) is 99.0 Å². The van der Waals surface area contributed by atoms with E-state index in [-0.39, 0.29) is 0 Å². The van der Waals surface area contributed by atoms with Crippen LogP contribution >= 0.6 is 0 Å². The van der Waals surface area contributed by atoms with Crippen LogP contribution in [0.5, 0.6) is 0 Å².